The number of hydrogen-bond donors (Lipinski definition) is 0. The Bertz CT molecular complexity index is 980. The summed E-state index contributed by atoms with van der Waals surface area (Å²) in [6.45, 7) is 2.46. The molecule has 0 saturated carbocycles. The number of fused-ring (bicyclic) bond motifs is 1. The van der Waals surface area contributed by atoms with E-state index in [1.54, 1.807) is 0 Å². The molecule has 26 heavy (non-hydrogen) atoms. The highest BCUT2D eigenvalue weighted by Gasteiger charge is 2.21. The first kappa shape index (κ1) is 16.3. The van der Waals surface area contributed by atoms with E-state index < -0.39 is 6.10 Å². The number of hydrogen-bond acceptors (Lipinski definition) is 5. The lowest BCUT2D eigenvalue weighted by Gasteiger charge is -2.10. The summed E-state index contributed by atoms with van der Waals surface area (Å²) in [6, 6.07) is 17.8. The maximum atomic E-state index is 10.8. The molecule has 1 aliphatic rings. The SMILES string of the molecule is Cc1cc(COc2ccc(C3=NOC(C=O)C3)cc2)c2ccccc2n1. The number of rotatable bonds is 5. The predicted molar refractivity (Wildman–Crippen MR) is 99.3 cm³/mol. The fraction of sp³-hybridized carbons (Fsp3) is 0.190. The highest BCUT2D eigenvalue weighted by atomic mass is 16.6. The van der Waals surface area contributed by atoms with E-state index >= 15 is 0 Å². The van der Waals surface area contributed by atoms with Crippen molar-refractivity contribution in [2.24, 2.45) is 5.16 Å². The minimum atomic E-state index is -0.468. The number of benzene rings is 2. The summed E-state index contributed by atoms with van der Waals surface area (Å²) in [7, 11) is 0. The van der Waals surface area contributed by atoms with E-state index in [2.05, 4.69) is 22.3 Å². The van der Waals surface area contributed by atoms with Crippen molar-refractivity contribution < 1.29 is 14.4 Å². The van der Waals surface area contributed by atoms with E-state index in [9.17, 15) is 4.79 Å². The lowest BCUT2D eigenvalue weighted by atomic mass is 10.1. The van der Waals surface area contributed by atoms with Gasteiger partial charge in [0.2, 0.25) is 0 Å². The van der Waals surface area contributed by atoms with Gasteiger partial charge in [0, 0.05) is 23.1 Å². The monoisotopic (exact) mass is 346 g/mol. The summed E-state index contributed by atoms with van der Waals surface area (Å²) in [5.41, 5.74) is 4.78. The number of pyridine rings is 1. The first-order valence-corrected chi connectivity index (χ1v) is 8.49. The maximum Gasteiger partial charge on any atom is 0.187 e. The largest absolute Gasteiger partial charge is 0.489 e. The van der Waals surface area contributed by atoms with Crippen LogP contribution in [0.3, 0.4) is 0 Å². The summed E-state index contributed by atoms with van der Waals surface area (Å²) in [5, 5.41) is 5.07. The van der Waals surface area contributed by atoms with Gasteiger partial charge in [-0.15, -0.1) is 0 Å². The standard InChI is InChI=1S/C21H18N2O3/c1-14-10-16(19-4-2-3-5-20(19)22-14)13-25-17-8-6-15(7-9-17)21-11-18(12-24)26-23-21/h2-10,12,18H,11,13H2,1H3. The summed E-state index contributed by atoms with van der Waals surface area (Å²) < 4.78 is 5.96. The molecule has 130 valence electrons. The molecule has 5 heteroatoms. The second-order valence-corrected chi connectivity index (χ2v) is 6.28. The molecular formula is C21H18N2O3. The molecule has 0 spiro atoms. The molecule has 3 aromatic rings. The van der Waals surface area contributed by atoms with Crippen LogP contribution in [0.2, 0.25) is 0 Å². The molecule has 0 bridgehead atoms. The van der Waals surface area contributed by atoms with Gasteiger partial charge in [0.25, 0.3) is 0 Å². The van der Waals surface area contributed by atoms with Gasteiger partial charge < -0.3 is 9.57 Å². The minimum Gasteiger partial charge on any atom is -0.489 e. The Morgan fingerprint density at radius 1 is 1.19 bits per heavy atom. The maximum absolute atomic E-state index is 10.8. The zero-order chi connectivity index (χ0) is 17.9. The van der Waals surface area contributed by atoms with Crippen LogP contribution in [-0.4, -0.2) is 23.1 Å². The molecule has 1 aromatic heterocycles. The molecule has 5 nitrogen and oxygen atoms in total. The number of nitrogens with zero attached hydrogens (tertiary/aromatic N) is 2. The highest BCUT2D eigenvalue weighted by Crippen LogP contribution is 2.22. The van der Waals surface area contributed by atoms with Crippen LogP contribution in [0.5, 0.6) is 5.75 Å². The zero-order valence-corrected chi connectivity index (χ0v) is 14.4. The van der Waals surface area contributed by atoms with Crippen LogP contribution < -0.4 is 4.74 Å². The van der Waals surface area contributed by atoms with Crippen LogP contribution in [0.4, 0.5) is 0 Å². The van der Waals surface area contributed by atoms with Crippen LogP contribution >= 0.6 is 0 Å². The summed E-state index contributed by atoms with van der Waals surface area (Å²) in [4.78, 5) is 20.3. The van der Waals surface area contributed by atoms with Crippen molar-refractivity contribution in [3.8, 4) is 5.75 Å². The molecule has 0 fully saturated rings. The molecule has 0 N–H and O–H groups in total. The fourth-order valence-electron chi connectivity index (χ4n) is 3.06. The van der Waals surface area contributed by atoms with Gasteiger partial charge in [-0.2, -0.15) is 0 Å². The fourth-order valence-corrected chi connectivity index (χ4v) is 3.06. The third-order valence-corrected chi connectivity index (χ3v) is 4.36. The van der Waals surface area contributed by atoms with Gasteiger partial charge in [-0.05, 0) is 48.9 Å². The van der Waals surface area contributed by atoms with Crippen molar-refractivity contribution in [3.63, 3.8) is 0 Å². The summed E-state index contributed by atoms with van der Waals surface area (Å²) in [6.07, 6.45) is 0.810. The number of aromatic nitrogens is 1. The summed E-state index contributed by atoms with van der Waals surface area (Å²) >= 11 is 0. The molecular weight excluding hydrogens is 328 g/mol. The van der Waals surface area contributed by atoms with Crippen molar-refractivity contribution in [2.75, 3.05) is 0 Å². The van der Waals surface area contributed by atoms with Crippen LogP contribution in [0.25, 0.3) is 10.9 Å². The number of ether oxygens (including phenoxy) is 1. The lowest BCUT2D eigenvalue weighted by molar-refractivity contribution is -0.116. The Kier molecular flexibility index (Phi) is 4.35. The number of carbonyl (C=O) groups excluding carboxylic acids is 1. The molecule has 0 saturated heterocycles. The van der Waals surface area contributed by atoms with E-state index in [4.69, 9.17) is 9.57 Å². The molecule has 1 unspecified atom stereocenters. The Hall–Kier alpha value is -3.21. The van der Waals surface area contributed by atoms with Crippen molar-refractivity contribution in [3.05, 3.63) is 71.4 Å². The van der Waals surface area contributed by atoms with Gasteiger partial charge in [-0.3, -0.25) is 9.78 Å². The Balaban J connectivity index is 1.48. The van der Waals surface area contributed by atoms with E-state index in [1.807, 2.05) is 49.4 Å². The van der Waals surface area contributed by atoms with E-state index in [0.717, 1.165) is 45.5 Å². The number of aryl methyl sites for hydroxylation is 1. The van der Waals surface area contributed by atoms with Crippen LogP contribution in [0, 0.1) is 6.92 Å². The first-order chi connectivity index (χ1) is 12.7. The molecule has 0 amide bonds. The molecule has 2 aromatic carbocycles. The van der Waals surface area contributed by atoms with Crippen LogP contribution in [0.1, 0.15) is 23.2 Å². The van der Waals surface area contributed by atoms with Crippen molar-refractivity contribution in [1.29, 1.82) is 0 Å². The van der Waals surface area contributed by atoms with Gasteiger partial charge in [0.1, 0.15) is 12.4 Å². The Morgan fingerprint density at radius 3 is 2.77 bits per heavy atom. The van der Waals surface area contributed by atoms with Gasteiger partial charge in [-0.25, -0.2) is 0 Å². The average molecular weight is 346 g/mol. The Labute approximate surface area is 151 Å². The van der Waals surface area contributed by atoms with Crippen molar-refractivity contribution >= 4 is 22.9 Å². The molecule has 4 rings (SSSR count). The smallest absolute Gasteiger partial charge is 0.187 e. The van der Waals surface area contributed by atoms with Crippen LogP contribution in [-0.2, 0) is 16.2 Å². The van der Waals surface area contributed by atoms with E-state index in [0.29, 0.717) is 13.0 Å². The average Bonchev–Trinajstić information content (AvgIpc) is 3.15. The summed E-state index contributed by atoms with van der Waals surface area (Å²) in [5.74, 6) is 0.777. The number of carbonyl (C=O) groups is 1. The van der Waals surface area contributed by atoms with Gasteiger partial charge in [0.15, 0.2) is 12.4 Å². The van der Waals surface area contributed by atoms with Gasteiger partial charge >= 0.3 is 0 Å². The number of oxime groups is 1. The topological polar surface area (TPSA) is 60.8 Å². The highest BCUT2D eigenvalue weighted by molar-refractivity contribution is 6.02. The third kappa shape index (κ3) is 3.28. The molecule has 0 radical (unpaired) electrons. The van der Waals surface area contributed by atoms with E-state index in [1.165, 1.54) is 0 Å². The number of para-hydroxylation sites is 1. The molecule has 1 aliphatic heterocycles. The molecule has 0 aliphatic carbocycles. The zero-order valence-electron chi connectivity index (χ0n) is 14.4. The molecule has 2 heterocycles. The Morgan fingerprint density at radius 2 is 2.00 bits per heavy atom. The third-order valence-electron chi connectivity index (χ3n) is 4.36. The quantitative estimate of drug-likeness (QED) is 0.659. The minimum absolute atomic E-state index is 0.468. The lowest BCUT2D eigenvalue weighted by Crippen LogP contribution is -2.09. The molecule has 1 atom stereocenters. The van der Waals surface area contributed by atoms with Crippen molar-refractivity contribution in [1.82, 2.24) is 4.98 Å². The first-order valence-electron chi connectivity index (χ1n) is 8.49. The van der Waals surface area contributed by atoms with Gasteiger partial charge in [-0.1, -0.05) is 23.4 Å². The number of aldehydes is 1. The van der Waals surface area contributed by atoms with Gasteiger partial charge in [0.05, 0.1) is 11.2 Å². The normalized spacial score (nSPS) is 16.2. The van der Waals surface area contributed by atoms with E-state index in [-0.39, 0.29) is 0 Å². The second-order valence-electron chi connectivity index (χ2n) is 6.28. The second kappa shape index (κ2) is 6.96. The van der Waals surface area contributed by atoms with Crippen LogP contribution in [0.15, 0.2) is 59.8 Å². The van der Waals surface area contributed by atoms with Crippen molar-refractivity contribution in [2.45, 2.75) is 26.1 Å². The predicted octanol–water partition coefficient (Wildman–Crippen LogP) is 3.81.